The molecule has 0 saturated carbocycles. The first-order valence-electron chi connectivity index (χ1n) is 8.99. The van der Waals surface area contributed by atoms with Crippen LogP contribution in [0.1, 0.15) is 24.7 Å². The number of imidazole rings is 1. The number of benzene rings is 2. The van der Waals surface area contributed by atoms with Crippen molar-refractivity contribution in [1.82, 2.24) is 14.3 Å². The van der Waals surface area contributed by atoms with E-state index >= 15 is 0 Å². The van der Waals surface area contributed by atoms with Crippen molar-refractivity contribution in [3.8, 4) is 11.5 Å². The molecule has 8 heteroatoms. The van der Waals surface area contributed by atoms with E-state index < -0.39 is 10.0 Å². The molecule has 2 aliphatic rings. The first-order chi connectivity index (χ1) is 13.1. The van der Waals surface area contributed by atoms with Gasteiger partial charge in [-0.25, -0.2) is 13.4 Å². The highest BCUT2D eigenvalue weighted by Crippen LogP contribution is 2.38. The van der Waals surface area contributed by atoms with Crippen molar-refractivity contribution in [2.45, 2.75) is 23.8 Å². The van der Waals surface area contributed by atoms with E-state index in [1.54, 1.807) is 18.2 Å². The van der Waals surface area contributed by atoms with Gasteiger partial charge in [-0.15, -0.1) is 0 Å². The number of hydrogen-bond donors (Lipinski definition) is 1. The zero-order valence-corrected chi connectivity index (χ0v) is 15.4. The van der Waals surface area contributed by atoms with Gasteiger partial charge in [-0.05, 0) is 37.1 Å². The topological polar surface area (TPSA) is 84.5 Å². The van der Waals surface area contributed by atoms with Crippen LogP contribution in [0.15, 0.2) is 47.4 Å². The van der Waals surface area contributed by atoms with Crippen LogP contribution < -0.4 is 9.47 Å². The number of fused-ring (bicyclic) bond motifs is 2. The third-order valence-electron chi connectivity index (χ3n) is 5.05. The molecule has 0 amide bonds. The predicted molar refractivity (Wildman–Crippen MR) is 99.4 cm³/mol. The molecule has 0 radical (unpaired) electrons. The van der Waals surface area contributed by atoms with Gasteiger partial charge in [0.1, 0.15) is 19.0 Å². The van der Waals surface area contributed by atoms with Crippen molar-refractivity contribution in [1.29, 1.82) is 0 Å². The zero-order valence-electron chi connectivity index (χ0n) is 14.6. The largest absolute Gasteiger partial charge is 0.486 e. The minimum atomic E-state index is -3.67. The van der Waals surface area contributed by atoms with Crippen molar-refractivity contribution in [2.24, 2.45) is 0 Å². The smallest absolute Gasteiger partial charge is 0.243 e. The third kappa shape index (κ3) is 2.76. The SMILES string of the molecule is O=S(=O)(c1ccc2c(c1)OCCO2)N1CCC[C@@H]1c1nc2ccccc2[nH]1. The van der Waals surface area contributed by atoms with Crippen molar-refractivity contribution in [2.75, 3.05) is 19.8 Å². The van der Waals surface area contributed by atoms with Crippen LogP contribution in [-0.2, 0) is 10.0 Å². The molecule has 1 fully saturated rings. The van der Waals surface area contributed by atoms with E-state index in [9.17, 15) is 8.42 Å². The average molecular weight is 385 g/mol. The van der Waals surface area contributed by atoms with Gasteiger partial charge in [-0.2, -0.15) is 4.31 Å². The fourth-order valence-corrected chi connectivity index (χ4v) is 5.43. The summed E-state index contributed by atoms with van der Waals surface area (Å²) in [5.41, 5.74) is 1.76. The lowest BCUT2D eigenvalue weighted by atomic mass is 10.2. The van der Waals surface area contributed by atoms with Gasteiger partial charge in [0.05, 0.1) is 22.0 Å². The fraction of sp³-hybridized carbons (Fsp3) is 0.316. The summed E-state index contributed by atoms with van der Waals surface area (Å²) >= 11 is 0. The van der Waals surface area contributed by atoms with Crippen LogP contribution in [0.2, 0.25) is 0 Å². The molecule has 0 bridgehead atoms. The molecule has 2 aliphatic heterocycles. The standard InChI is InChI=1S/C19H19N3O4S/c23-27(24,13-7-8-17-18(12-13)26-11-10-25-17)22-9-3-6-16(22)19-20-14-4-1-2-5-15(14)21-19/h1-2,4-5,7-8,12,16H,3,6,9-11H2,(H,20,21)/t16-/m1/s1. The summed E-state index contributed by atoms with van der Waals surface area (Å²) in [6.07, 6.45) is 1.54. The molecule has 5 rings (SSSR count). The Balaban J connectivity index is 1.52. The quantitative estimate of drug-likeness (QED) is 0.749. The molecule has 0 aliphatic carbocycles. The average Bonchev–Trinajstić information content (AvgIpc) is 3.34. The van der Waals surface area contributed by atoms with Crippen LogP contribution in [0.3, 0.4) is 0 Å². The summed E-state index contributed by atoms with van der Waals surface area (Å²) in [6.45, 7) is 1.36. The molecule has 1 atom stereocenters. The monoisotopic (exact) mass is 385 g/mol. The molecule has 7 nitrogen and oxygen atoms in total. The number of H-pyrrole nitrogens is 1. The summed E-state index contributed by atoms with van der Waals surface area (Å²) in [5.74, 6) is 1.74. The van der Waals surface area contributed by atoms with E-state index in [-0.39, 0.29) is 10.9 Å². The second-order valence-corrected chi connectivity index (χ2v) is 8.61. The Labute approximate surface area is 157 Å². The second kappa shape index (κ2) is 6.24. The lowest BCUT2D eigenvalue weighted by Crippen LogP contribution is -2.31. The molecule has 1 N–H and O–H groups in total. The molecular weight excluding hydrogens is 366 g/mol. The first kappa shape index (κ1) is 16.6. The van der Waals surface area contributed by atoms with Gasteiger partial charge in [0, 0.05) is 12.6 Å². The van der Waals surface area contributed by atoms with Crippen LogP contribution >= 0.6 is 0 Å². The summed E-state index contributed by atoms with van der Waals surface area (Å²) in [5, 5.41) is 0. The number of nitrogens with one attached hydrogen (secondary N) is 1. The fourth-order valence-electron chi connectivity index (χ4n) is 3.75. The number of rotatable bonds is 3. The Kier molecular flexibility index (Phi) is 3.84. The van der Waals surface area contributed by atoms with Crippen molar-refractivity contribution in [3.05, 3.63) is 48.3 Å². The summed E-state index contributed by atoms with van der Waals surface area (Å²) in [6, 6.07) is 12.2. The molecular formula is C19H19N3O4S. The van der Waals surface area contributed by atoms with Crippen LogP contribution in [0.5, 0.6) is 11.5 Å². The molecule has 1 aromatic heterocycles. The highest BCUT2D eigenvalue weighted by Gasteiger charge is 2.38. The van der Waals surface area contributed by atoms with Crippen molar-refractivity contribution < 1.29 is 17.9 Å². The number of aromatic nitrogens is 2. The highest BCUT2D eigenvalue weighted by molar-refractivity contribution is 7.89. The van der Waals surface area contributed by atoms with Crippen LogP contribution in [-0.4, -0.2) is 42.4 Å². The molecule has 0 spiro atoms. The van der Waals surface area contributed by atoms with Gasteiger partial charge in [0.2, 0.25) is 10.0 Å². The summed E-state index contributed by atoms with van der Waals surface area (Å²) in [4.78, 5) is 8.11. The maximum atomic E-state index is 13.3. The molecule has 0 unspecified atom stereocenters. The van der Waals surface area contributed by atoms with Gasteiger partial charge in [0.15, 0.2) is 11.5 Å². The number of nitrogens with zero attached hydrogens (tertiary/aromatic N) is 2. The van der Waals surface area contributed by atoms with Crippen LogP contribution in [0.25, 0.3) is 11.0 Å². The summed E-state index contributed by atoms with van der Waals surface area (Å²) in [7, 11) is -3.67. The normalized spacial score (nSPS) is 20.2. The minimum absolute atomic E-state index is 0.217. The van der Waals surface area contributed by atoms with E-state index in [1.165, 1.54) is 4.31 Å². The van der Waals surface area contributed by atoms with Gasteiger partial charge < -0.3 is 14.5 Å². The predicted octanol–water partition coefficient (Wildman–Crippen LogP) is 2.86. The van der Waals surface area contributed by atoms with Gasteiger partial charge in [0.25, 0.3) is 0 Å². The van der Waals surface area contributed by atoms with Gasteiger partial charge in [-0.3, -0.25) is 0 Å². The van der Waals surface area contributed by atoms with Crippen molar-refractivity contribution >= 4 is 21.1 Å². The Morgan fingerprint density at radius 1 is 1.07 bits per heavy atom. The van der Waals surface area contributed by atoms with Gasteiger partial charge >= 0.3 is 0 Å². The third-order valence-corrected chi connectivity index (χ3v) is 6.95. The van der Waals surface area contributed by atoms with Gasteiger partial charge in [-0.1, -0.05) is 12.1 Å². The molecule has 140 valence electrons. The summed E-state index contributed by atoms with van der Waals surface area (Å²) < 4.78 is 39.2. The van der Waals surface area contributed by atoms with Crippen LogP contribution in [0.4, 0.5) is 0 Å². The molecule has 3 aromatic rings. The second-order valence-electron chi connectivity index (χ2n) is 6.72. The molecule has 3 heterocycles. The molecule has 27 heavy (non-hydrogen) atoms. The minimum Gasteiger partial charge on any atom is -0.486 e. The molecule has 1 saturated heterocycles. The van der Waals surface area contributed by atoms with Crippen molar-refractivity contribution in [3.63, 3.8) is 0 Å². The number of aromatic amines is 1. The lowest BCUT2D eigenvalue weighted by molar-refractivity contribution is 0.171. The van der Waals surface area contributed by atoms with E-state index in [0.29, 0.717) is 37.1 Å². The molecule has 2 aromatic carbocycles. The number of para-hydroxylation sites is 2. The van der Waals surface area contributed by atoms with Crippen LogP contribution in [0, 0.1) is 0 Å². The van der Waals surface area contributed by atoms with E-state index in [0.717, 1.165) is 23.9 Å². The van der Waals surface area contributed by atoms with E-state index in [4.69, 9.17) is 9.47 Å². The first-order valence-corrected chi connectivity index (χ1v) is 10.4. The number of hydrogen-bond acceptors (Lipinski definition) is 5. The zero-order chi connectivity index (χ0) is 18.4. The Hall–Kier alpha value is -2.58. The Morgan fingerprint density at radius 3 is 2.74 bits per heavy atom. The maximum Gasteiger partial charge on any atom is 0.243 e. The Morgan fingerprint density at radius 2 is 1.89 bits per heavy atom. The lowest BCUT2D eigenvalue weighted by Gasteiger charge is -2.24. The Bertz CT molecular complexity index is 1080. The number of sulfonamides is 1. The number of ether oxygens (including phenoxy) is 2. The van der Waals surface area contributed by atoms with E-state index in [1.807, 2.05) is 24.3 Å². The highest BCUT2D eigenvalue weighted by atomic mass is 32.2. The maximum absolute atomic E-state index is 13.3. The van der Waals surface area contributed by atoms with E-state index in [2.05, 4.69) is 9.97 Å².